The van der Waals surface area contributed by atoms with Crippen molar-refractivity contribution in [3.8, 4) is 28.4 Å². The molecule has 0 spiro atoms. The number of ether oxygens (including phenoxy) is 2. The fourth-order valence-electron chi connectivity index (χ4n) is 7.80. The maximum absolute atomic E-state index is 6.52. The maximum Gasteiger partial charge on any atom is 0.135 e. The van der Waals surface area contributed by atoms with Crippen LogP contribution in [0.2, 0.25) is 0 Å². The van der Waals surface area contributed by atoms with Crippen molar-refractivity contribution in [3.63, 3.8) is 0 Å². The average molecular weight is 605 g/mol. The molecule has 7 aromatic rings. The second-order valence-electron chi connectivity index (χ2n) is 12.4. The molecule has 2 nitrogen and oxygen atoms in total. The molecule has 0 radical (unpaired) electrons. The van der Waals surface area contributed by atoms with Crippen LogP contribution in [0.3, 0.4) is 0 Å². The molecule has 47 heavy (non-hydrogen) atoms. The minimum Gasteiger partial charge on any atom is -0.457 e. The molecule has 9 rings (SSSR count). The highest BCUT2D eigenvalue weighted by molar-refractivity contribution is 5.89. The van der Waals surface area contributed by atoms with E-state index in [0.29, 0.717) is 0 Å². The Morgan fingerprint density at radius 2 is 1.02 bits per heavy atom. The number of hydrogen-bond donors (Lipinski definition) is 0. The van der Waals surface area contributed by atoms with Gasteiger partial charge in [0.15, 0.2) is 0 Å². The predicted molar refractivity (Wildman–Crippen MR) is 192 cm³/mol. The fourth-order valence-corrected chi connectivity index (χ4v) is 7.80. The SMILES string of the molecule is C1=CC(C2(c3ccc(Oc4cccc5ccccc45)cc3)c3ccccc3-c3ccccc32)CC=C1Oc1cccc2ccccc12. The lowest BCUT2D eigenvalue weighted by atomic mass is 9.62. The van der Waals surface area contributed by atoms with E-state index in [1.54, 1.807) is 0 Å². The van der Waals surface area contributed by atoms with Gasteiger partial charge in [0.1, 0.15) is 23.0 Å². The monoisotopic (exact) mass is 604 g/mol. The van der Waals surface area contributed by atoms with Gasteiger partial charge in [0, 0.05) is 10.8 Å². The molecule has 0 amide bonds. The first-order valence-electron chi connectivity index (χ1n) is 16.3. The molecule has 1 atom stereocenters. The van der Waals surface area contributed by atoms with E-state index in [2.05, 4.69) is 170 Å². The van der Waals surface area contributed by atoms with Gasteiger partial charge in [-0.2, -0.15) is 0 Å². The van der Waals surface area contributed by atoms with Crippen molar-refractivity contribution < 1.29 is 9.47 Å². The Balaban J connectivity index is 1.11. The molecule has 0 aliphatic heterocycles. The first kappa shape index (κ1) is 27.5. The van der Waals surface area contributed by atoms with E-state index in [-0.39, 0.29) is 11.3 Å². The van der Waals surface area contributed by atoms with Gasteiger partial charge in [-0.15, -0.1) is 0 Å². The van der Waals surface area contributed by atoms with E-state index >= 15 is 0 Å². The number of allylic oxidation sites excluding steroid dienone is 3. The molecule has 2 aliphatic rings. The van der Waals surface area contributed by atoms with Gasteiger partial charge in [-0.25, -0.2) is 0 Å². The third-order valence-corrected chi connectivity index (χ3v) is 9.88. The molecule has 0 saturated carbocycles. The number of fused-ring (bicyclic) bond motifs is 5. The molecule has 1 unspecified atom stereocenters. The minimum absolute atomic E-state index is 0.178. The highest BCUT2D eigenvalue weighted by Gasteiger charge is 2.49. The smallest absolute Gasteiger partial charge is 0.135 e. The van der Waals surface area contributed by atoms with Gasteiger partial charge in [0.2, 0.25) is 0 Å². The summed E-state index contributed by atoms with van der Waals surface area (Å²) in [5, 5.41) is 4.57. The summed E-state index contributed by atoms with van der Waals surface area (Å²) >= 11 is 0. The molecule has 0 fully saturated rings. The number of benzene rings is 7. The van der Waals surface area contributed by atoms with Crippen LogP contribution in [0.1, 0.15) is 23.1 Å². The maximum atomic E-state index is 6.52. The quantitative estimate of drug-likeness (QED) is 0.188. The summed E-state index contributed by atoms with van der Waals surface area (Å²) in [7, 11) is 0. The van der Waals surface area contributed by atoms with Crippen LogP contribution in [0.4, 0.5) is 0 Å². The van der Waals surface area contributed by atoms with Gasteiger partial charge in [-0.05, 0) is 87.3 Å². The van der Waals surface area contributed by atoms with Crippen molar-refractivity contribution >= 4 is 21.5 Å². The Bertz CT molecular complexity index is 2290. The van der Waals surface area contributed by atoms with Crippen molar-refractivity contribution in [2.75, 3.05) is 0 Å². The van der Waals surface area contributed by atoms with E-state index in [0.717, 1.165) is 40.2 Å². The first-order valence-corrected chi connectivity index (χ1v) is 16.3. The molecule has 2 heteroatoms. The van der Waals surface area contributed by atoms with Crippen LogP contribution in [-0.2, 0) is 5.41 Å². The highest BCUT2D eigenvalue weighted by Crippen LogP contribution is 2.58. The molecule has 0 bridgehead atoms. The van der Waals surface area contributed by atoms with Crippen LogP contribution in [0.5, 0.6) is 17.2 Å². The molecule has 0 saturated heterocycles. The summed E-state index contributed by atoms with van der Waals surface area (Å²) in [5.41, 5.74) is 6.16. The first-order chi connectivity index (χ1) is 23.3. The lowest BCUT2D eigenvalue weighted by molar-refractivity contribution is 0.412. The summed E-state index contributed by atoms with van der Waals surface area (Å²) < 4.78 is 13.0. The van der Waals surface area contributed by atoms with E-state index in [4.69, 9.17) is 9.47 Å². The molecule has 0 heterocycles. The van der Waals surface area contributed by atoms with Crippen LogP contribution in [0.15, 0.2) is 182 Å². The van der Waals surface area contributed by atoms with Crippen LogP contribution in [0.25, 0.3) is 32.7 Å². The highest BCUT2D eigenvalue weighted by atomic mass is 16.5. The topological polar surface area (TPSA) is 18.5 Å². The van der Waals surface area contributed by atoms with Crippen molar-refractivity contribution in [1.29, 1.82) is 0 Å². The second kappa shape index (κ2) is 11.2. The Kier molecular flexibility index (Phi) is 6.53. The van der Waals surface area contributed by atoms with Gasteiger partial charge in [-0.3, -0.25) is 0 Å². The third kappa shape index (κ3) is 4.48. The standard InChI is InChI=1S/C45H32O2/c1-3-15-37-31(11-1)13-9-21-43(37)46-35-27-23-33(24-28-35)45(41-19-7-5-17-39(41)40-18-6-8-20-42(40)45)34-25-29-36(30-26-34)47-44-22-10-14-32-12-2-4-16-38(32)44/h1-25,27-30,34H,26H2. The lowest BCUT2D eigenvalue weighted by Gasteiger charge is -2.40. The minimum atomic E-state index is -0.372. The fraction of sp³-hybridized carbons (Fsp3) is 0.0667. The van der Waals surface area contributed by atoms with E-state index < -0.39 is 0 Å². The summed E-state index contributed by atoms with van der Waals surface area (Å²) in [6, 6.07) is 55.8. The van der Waals surface area contributed by atoms with Gasteiger partial charge in [-0.1, -0.05) is 140 Å². The summed E-state index contributed by atoms with van der Waals surface area (Å²) in [4.78, 5) is 0. The Morgan fingerprint density at radius 1 is 0.489 bits per heavy atom. The lowest BCUT2D eigenvalue weighted by Crippen LogP contribution is -2.35. The van der Waals surface area contributed by atoms with E-state index in [1.807, 2.05) is 6.07 Å². The molecule has 224 valence electrons. The number of rotatable bonds is 6. The van der Waals surface area contributed by atoms with E-state index in [1.165, 1.54) is 38.6 Å². The zero-order chi connectivity index (χ0) is 31.2. The zero-order valence-corrected chi connectivity index (χ0v) is 25.8. The summed E-state index contributed by atoms with van der Waals surface area (Å²) in [6.07, 6.45) is 7.63. The van der Waals surface area contributed by atoms with Crippen LogP contribution < -0.4 is 9.47 Å². The Morgan fingerprint density at radius 3 is 1.62 bits per heavy atom. The van der Waals surface area contributed by atoms with E-state index in [9.17, 15) is 0 Å². The molecular weight excluding hydrogens is 572 g/mol. The molecule has 7 aromatic carbocycles. The van der Waals surface area contributed by atoms with Crippen LogP contribution >= 0.6 is 0 Å². The van der Waals surface area contributed by atoms with Crippen molar-refractivity contribution in [1.82, 2.24) is 0 Å². The summed E-state index contributed by atoms with van der Waals surface area (Å²) in [5.74, 6) is 3.62. The zero-order valence-electron chi connectivity index (χ0n) is 25.8. The van der Waals surface area contributed by atoms with Gasteiger partial charge < -0.3 is 9.47 Å². The van der Waals surface area contributed by atoms with Crippen LogP contribution in [-0.4, -0.2) is 0 Å². The molecular formula is C45H32O2. The molecule has 0 aromatic heterocycles. The normalized spacial score (nSPS) is 16.0. The molecule has 0 N–H and O–H groups in total. The third-order valence-electron chi connectivity index (χ3n) is 9.88. The van der Waals surface area contributed by atoms with Crippen molar-refractivity contribution in [2.24, 2.45) is 5.92 Å². The summed E-state index contributed by atoms with van der Waals surface area (Å²) in [6.45, 7) is 0. The Labute approximate surface area is 274 Å². The number of hydrogen-bond acceptors (Lipinski definition) is 2. The predicted octanol–water partition coefficient (Wildman–Crippen LogP) is 11.6. The van der Waals surface area contributed by atoms with Gasteiger partial charge in [0.25, 0.3) is 0 Å². The Hall–Kier alpha value is -5.86. The van der Waals surface area contributed by atoms with Crippen molar-refractivity contribution in [2.45, 2.75) is 11.8 Å². The largest absolute Gasteiger partial charge is 0.457 e. The van der Waals surface area contributed by atoms with Gasteiger partial charge in [0.05, 0.1) is 5.41 Å². The second-order valence-corrected chi connectivity index (χ2v) is 12.4. The average Bonchev–Trinajstić information content (AvgIpc) is 3.44. The molecule has 2 aliphatic carbocycles. The van der Waals surface area contributed by atoms with Crippen LogP contribution in [0, 0.1) is 5.92 Å². The van der Waals surface area contributed by atoms with Crippen molar-refractivity contribution in [3.05, 3.63) is 198 Å². The van der Waals surface area contributed by atoms with Gasteiger partial charge >= 0.3 is 0 Å².